The molecular formula is C40H57NO2. The van der Waals surface area contributed by atoms with Crippen molar-refractivity contribution in [1.29, 1.82) is 0 Å². The van der Waals surface area contributed by atoms with Crippen LogP contribution in [0.4, 0.5) is 0 Å². The number of hydrogen-bond donors (Lipinski definition) is 0. The molecule has 2 amide bonds. The van der Waals surface area contributed by atoms with E-state index in [4.69, 9.17) is 0 Å². The number of amides is 2. The van der Waals surface area contributed by atoms with E-state index in [-0.39, 0.29) is 11.8 Å². The Labute approximate surface area is 263 Å². The van der Waals surface area contributed by atoms with Crippen molar-refractivity contribution in [2.45, 2.75) is 126 Å². The predicted molar refractivity (Wildman–Crippen MR) is 185 cm³/mol. The van der Waals surface area contributed by atoms with Gasteiger partial charge in [0.2, 0.25) is 0 Å². The summed E-state index contributed by atoms with van der Waals surface area (Å²) in [5.74, 6) is -0.314. The third-order valence-electron chi connectivity index (χ3n) is 8.17. The zero-order valence-corrected chi connectivity index (χ0v) is 28.2. The van der Waals surface area contributed by atoms with Crippen molar-refractivity contribution in [3.8, 4) is 0 Å². The van der Waals surface area contributed by atoms with E-state index in [0.717, 1.165) is 70.6 Å². The molecule has 0 aromatic heterocycles. The average Bonchev–Trinajstić information content (AvgIpc) is 3.20. The number of fused-ring (bicyclic) bond motifs is 1. The maximum absolute atomic E-state index is 12.5. The summed E-state index contributed by atoms with van der Waals surface area (Å²) in [4.78, 5) is 26.4. The lowest BCUT2D eigenvalue weighted by Crippen LogP contribution is -2.30. The molecule has 0 N–H and O–H groups in total. The molecule has 0 saturated heterocycles. The van der Waals surface area contributed by atoms with Gasteiger partial charge in [-0.3, -0.25) is 14.5 Å². The summed E-state index contributed by atoms with van der Waals surface area (Å²) < 4.78 is 0. The second-order valence-electron chi connectivity index (χ2n) is 12.7. The zero-order valence-electron chi connectivity index (χ0n) is 28.2. The largest absolute Gasteiger partial charge is 0.274 e. The number of allylic oxidation sites excluding steroid dienone is 12. The number of imide groups is 1. The van der Waals surface area contributed by atoms with Crippen LogP contribution >= 0.6 is 0 Å². The van der Waals surface area contributed by atoms with Crippen LogP contribution in [0.1, 0.15) is 146 Å². The molecule has 0 fully saturated rings. The minimum absolute atomic E-state index is 0.157. The average molecular weight is 584 g/mol. The maximum Gasteiger partial charge on any atom is 0.261 e. The van der Waals surface area contributed by atoms with Gasteiger partial charge >= 0.3 is 0 Å². The summed E-state index contributed by atoms with van der Waals surface area (Å²) in [7, 11) is 0. The van der Waals surface area contributed by atoms with Crippen molar-refractivity contribution in [3.63, 3.8) is 0 Å². The molecule has 0 aliphatic carbocycles. The SMILES string of the molecule is CC(C)=CCC/C(C)=C/CC/C(C)=C/CC/C=C(\C)CC/C=C(\C)CC/C=C(\C)CCCN1C(=O)c2ccccc2C1=O. The van der Waals surface area contributed by atoms with Gasteiger partial charge in [-0.1, -0.05) is 82.0 Å². The Balaban J connectivity index is 1.58. The smallest absolute Gasteiger partial charge is 0.261 e. The van der Waals surface area contributed by atoms with Crippen LogP contribution in [0, 0.1) is 0 Å². The molecule has 2 rings (SSSR count). The molecule has 3 nitrogen and oxygen atoms in total. The number of benzene rings is 1. The maximum atomic E-state index is 12.5. The van der Waals surface area contributed by atoms with Gasteiger partial charge in [-0.2, -0.15) is 0 Å². The number of carbonyl (C=O) groups is 2. The van der Waals surface area contributed by atoms with Gasteiger partial charge in [-0.15, -0.1) is 0 Å². The minimum Gasteiger partial charge on any atom is -0.274 e. The molecule has 0 atom stereocenters. The summed E-state index contributed by atoms with van der Waals surface area (Å²) in [6.07, 6.45) is 27.2. The number of carbonyl (C=O) groups excluding carboxylic acids is 2. The third kappa shape index (κ3) is 14.2. The van der Waals surface area contributed by atoms with Crippen molar-refractivity contribution in [2.75, 3.05) is 6.54 Å². The highest BCUT2D eigenvalue weighted by Gasteiger charge is 2.34. The van der Waals surface area contributed by atoms with Crippen LogP contribution in [-0.2, 0) is 0 Å². The fraction of sp³-hybridized carbons (Fsp3) is 0.500. The molecule has 234 valence electrons. The van der Waals surface area contributed by atoms with Gasteiger partial charge in [0, 0.05) is 6.54 Å². The first-order chi connectivity index (χ1) is 20.6. The molecule has 0 radical (unpaired) electrons. The minimum atomic E-state index is -0.157. The van der Waals surface area contributed by atoms with Crippen LogP contribution < -0.4 is 0 Å². The van der Waals surface area contributed by atoms with E-state index < -0.39 is 0 Å². The predicted octanol–water partition coefficient (Wildman–Crippen LogP) is 11.7. The van der Waals surface area contributed by atoms with Gasteiger partial charge in [-0.25, -0.2) is 0 Å². The van der Waals surface area contributed by atoms with Crippen LogP contribution in [0.3, 0.4) is 0 Å². The monoisotopic (exact) mass is 583 g/mol. The molecule has 1 heterocycles. The van der Waals surface area contributed by atoms with Crippen LogP contribution in [-0.4, -0.2) is 23.3 Å². The Morgan fingerprint density at radius 1 is 0.512 bits per heavy atom. The van der Waals surface area contributed by atoms with Crippen molar-refractivity contribution >= 4 is 11.8 Å². The summed E-state index contributed by atoms with van der Waals surface area (Å²) in [6.45, 7) is 16.0. The highest BCUT2D eigenvalue weighted by atomic mass is 16.2. The van der Waals surface area contributed by atoms with Crippen molar-refractivity contribution < 1.29 is 9.59 Å². The second kappa shape index (κ2) is 19.9. The molecule has 0 bridgehead atoms. The van der Waals surface area contributed by atoms with E-state index in [1.807, 2.05) is 12.1 Å². The molecule has 0 saturated carbocycles. The first-order valence-corrected chi connectivity index (χ1v) is 16.4. The number of nitrogens with zero attached hydrogens (tertiary/aromatic N) is 1. The van der Waals surface area contributed by atoms with Crippen LogP contribution in [0.15, 0.2) is 94.2 Å². The third-order valence-corrected chi connectivity index (χ3v) is 8.17. The van der Waals surface area contributed by atoms with Crippen molar-refractivity contribution in [2.24, 2.45) is 0 Å². The molecule has 1 aromatic rings. The molecule has 1 aliphatic heterocycles. The first kappa shape index (κ1) is 36.0. The topological polar surface area (TPSA) is 37.4 Å². The van der Waals surface area contributed by atoms with Gasteiger partial charge in [0.15, 0.2) is 0 Å². The lowest BCUT2D eigenvalue weighted by Gasteiger charge is -2.13. The first-order valence-electron chi connectivity index (χ1n) is 16.4. The number of unbranched alkanes of at least 4 members (excludes halogenated alkanes) is 1. The molecule has 43 heavy (non-hydrogen) atoms. The summed E-state index contributed by atoms with van der Waals surface area (Å²) in [5.41, 5.74) is 9.75. The Morgan fingerprint density at radius 2 is 0.860 bits per heavy atom. The Bertz CT molecular complexity index is 1210. The van der Waals surface area contributed by atoms with Gasteiger partial charge in [-0.05, 0) is 138 Å². The summed E-state index contributed by atoms with van der Waals surface area (Å²) >= 11 is 0. The zero-order chi connectivity index (χ0) is 31.6. The highest BCUT2D eigenvalue weighted by molar-refractivity contribution is 6.21. The Hall–Kier alpha value is -3.20. The van der Waals surface area contributed by atoms with Crippen LogP contribution in [0.5, 0.6) is 0 Å². The van der Waals surface area contributed by atoms with E-state index in [1.165, 1.54) is 44.8 Å². The van der Waals surface area contributed by atoms with Crippen LogP contribution in [0.25, 0.3) is 0 Å². The van der Waals surface area contributed by atoms with Gasteiger partial charge < -0.3 is 0 Å². The van der Waals surface area contributed by atoms with Crippen molar-refractivity contribution in [1.82, 2.24) is 4.90 Å². The lowest BCUT2D eigenvalue weighted by atomic mass is 10.0. The Morgan fingerprint density at radius 3 is 1.26 bits per heavy atom. The molecular weight excluding hydrogens is 526 g/mol. The number of rotatable bonds is 19. The molecule has 1 aromatic carbocycles. The fourth-order valence-electron chi connectivity index (χ4n) is 5.36. The standard InChI is InChI=1S/C40H57NO2/c1-31(2)17-12-20-34(5)23-13-21-32(3)18-8-9-19-33(4)22-14-24-35(6)25-15-26-36(7)27-16-30-41-39(42)37-28-10-11-29-38(37)40(41)43/h10-11,17-19,23-24,26,28-29H,8-9,12-16,20-22,25,27,30H2,1-7H3/b32-18+,33-19+,34-23+,35-24+,36-26+. The summed E-state index contributed by atoms with van der Waals surface area (Å²) in [6, 6.07) is 7.10. The van der Waals surface area contributed by atoms with E-state index in [9.17, 15) is 9.59 Å². The fourth-order valence-corrected chi connectivity index (χ4v) is 5.36. The molecule has 0 spiro atoms. The quantitative estimate of drug-likeness (QED) is 0.0922. The Kier molecular flexibility index (Phi) is 16.6. The van der Waals surface area contributed by atoms with E-state index in [1.54, 1.807) is 12.1 Å². The molecule has 0 unspecified atom stereocenters. The summed E-state index contributed by atoms with van der Waals surface area (Å²) in [5, 5.41) is 0. The van der Waals surface area contributed by atoms with Gasteiger partial charge in [0.25, 0.3) is 11.8 Å². The van der Waals surface area contributed by atoms with Crippen molar-refractivity contribution in [3.05, 3.63) is 105 Å². The second-order valence-corrected chi connectivity index (χ2v) is 12.7. The van der Waals surface area contributed by atoms with Crippen LogP contribution in [0.2, 0.25) is 0 Å². The van der Waals surface area contributed by atoms with E-state index in [0.29, 0.717) is 17.7 Å². The normalized spacial score (nSPS) is 15.0. The van der Waals surface area contributed by atoms with Gasteiger partial charge in [0.05, 0.1) is 11.1 Å². The molecule has 1 aliphatic rings. The molecule has 3 heteroatoms. The lowest BCUT2D eigenvalue weighted by molar-refractivity contribution is 0.0652. The number of hydrogen-bond acceptors (Lipinski definition) is 2. The highest BCUT2D eigenvalue weighted by Crippen LogP contribution is 2.23. The van der Waals surface area contributed by atoms with E-state index in [2.05, 4.69) is 84.9 Å². The van der Waals surface area contributed by atoms with E-state index >= 15 is 0 Å². The van der Waals surface area contributed by atoms with Gasteiger partial charge in [0.1, 0.15) is 0 Å².